The summed E-state index contributed by atoms with van der Waals surface area (Å²) in [6.45, 7) is 23.8. The first-order chi connectivity index (χ1) is 20.7. The van der Waals surface area contributed by atoms with E-state index in [2.05, 4.69) is 148 Å². The minimum Gasteiger partial charge on any atom is -1.00 e. The second kappa shape index (κ2) is 12.1. The molecule has 0 bridgehead atoms. The Kier molecular flexibility index (Phi) is 9.30. The molecule has 46 heavy (non-hydrogen) atoms. The van der Waals surface area contributed by atoms with Crippen molar-refractivity contribution in [1.82, 2.24) is 0 Å². The summed E-state index contributed by atoms with van der Waals surface area (Å²) in [5, 5.41) is 0. The summed E-state index contributed by atoms with van der Waals surface area (Å²) in [6, 6.07) is 22.0. The largest absolute Gasteiger partial charge is 1.00 e. The summed E-state index contributed by atoms with van der Waals surface area (Å²) in [5.41, 5.74) is 18.3. The van der Waals surface area contributed by atoms with Crippen LogP contribution in [0.15, 0.2) is 87.8 Å². The fourth-order valence-corrected chi connectivity index (χ4v) is 17.8. The third kappa shape index (κ3) is 5.51. The number of hydrogen-bond acceptors (Lipinski definition) is 0. The van der Waals surface area contributed by atoms with Crippen LogP contribution in [0.2, 0.25) is 0 Å². The Labute approximate surface area is 298 Å². The summed E-state index contributed by atoms with van der Waals surface area (Å²) in [4.78, 5) is 0. The van der Waals surface area contributed by atoms with Gasteiger partial charge in [-0.3, -0.25) is 0 Å². The van der Waals surface area contributed by atoms with Gasteiger partial charge in [0.2, 0.25) is 0 Å². The third-order valence-electron chi connectivity index (χ3n) is 10.9. The van der Waals surface area contributed by atoms with E-state index in [0.717, 1.165) is 12.8 Å². The maximum Gasteiger partial charge on any atom is -1.00 e. The van der Waals surface area contributed by atoms with Gasteiger partial charge in [0, 0.05) is 0 Å². The van der Waals surface area contributed by atoms with Gasteiger partial charge in [-0.2, -0.15) is 0 Å². The second-order valence-corrected chi connectivity index (χ2v) is 22.4. The molecule has 0 fully saturated rings. The van der Waals surface area contributed by atoms with Crippen LogP contribution in [-0.2, 0) is 32.1 Å². The fraction of sp³-hybridized carbons (Fsp3) is 0.372. The predicted octanol–water partition coefficient (Wildman–Crippen LogP) is 5.66. The van der Waals surface area contributed by atoms with Crippen LogP contribution >= 0.6 is 0 Å². The van der Waals surface area contributed by atoms with Crippen molar-refractivity contribution in [2.24, 2.45) is 5.41 Å². The molecule has 4 aliphatic carbocycles. The van der Waals surface area contributed by atoms with Crippen LogP contribution < -0.4 is 24.8 Å². The molecule has 0 radical (unpaired) electrons. The van der Waals surface area contributed by atoms with E-state index in [-0.39, 0.29) is 41.1 Å². The van der Waals surface area contributed by atoms with Crippen LogP contribution in [0.4, 0.5) is 0 Å². The summed E-state index contributed by atoms with van der Waals surface area (Å²) in [6.07, 6.45) is 12.4. The molecule has 238 valence electrons. The fourth-order valence-electron chi connectivity index (χ4n) is 8.75. The van der Waals surface area contributed by atoms with Gasteiger partial charge in [-0.1, -0.05) is 0 Å². The molecule has 3 aromatic carbocycles. The van der Waals surface area contributed by atoms with Gasteiger partial charge in [-0.05, 0) is 0 Å². The van der Waals surface area contributed by atoms with Gasteiger partial charge >= 0.3 is 275 Å². The molecule has 0 saturated carbocycles. The van der Waals surface area contributed by atoms with E-state index < -0.39 is 21.3 Å². The Morgan fingerprint density at radius 3 is 1.70 bits per heavy atom. The quantitative estimate of drug-likeness (QED) is 0.326. The zero-order valence-electron chi connectivity index (χ0n) is 29.3. The molecule has 0 unspecified atom stereocenters. The minimum absolute atomic E-state index is 0. The normalized spacial score (nSPS) is 18.6. The van der Waals surface area contributed by atoms with E-state index in [0.29, 0.717) is 3.63 Å². The Morgan fingerprint density at radius 2 is 1.26 bits per heavy atom. The van der Waals surface area contributed by atoms with E-state index in [1.807, 2.05) is 0 Å². The van der Waals surface area contributed by atoms with E-state index in [1.54, 1.807) is 17.6 Å². The maximum atomic E-state index is 2.67. The van der Waals surface area contributed by atoms with Gasteiger partial charge in [-0.15, -0.1) is 0 Å². The van der Waals surface area contributed by atoms with Crippen LogP contribution in [0.5, 0.6) is 0 Å². The molecule has 0 N–H and O–H groups in total. The standard InChI is InChI=1S/C25H25.C9H13.C9H10.2ClH.Zr/c1-14-12-24(3,4)22-8-16-7-17-9-23-19(15(2)13-25(23,5)6)11-21(17)20(16)10-18(14)22;1-9(2,3)8-6-4-5-7-8;1-2-6-9-7-4-3-5-8-9;;;/h7-13H,1-6H3;6-7H,4H2,1-3H3;3-5,7-8H,2H2,1H3;2*1H;/q;;;;;+2/p-2. The Morgan fingerprint density at radius 1 is 0.761 bits per heavy atom. The number of fused-ring (bicyclic) bond motifs is 5. The van der Waals surface area contributed by atoms with E-state index in [4.69, 9.17) is 0 Å². The number of benzene rings is 3. The summed E-state index contributed by atoms with van der Waals surface area (Å²) in [7, 11) is 0. The molecule has 7 rings (SSSR count). The van der Waals surface area contributed by atoms with Crippen molar-refractivity contribution in [2.75, 3.05) is 0 Å². The molecular formula is C43H48Cl2Zr. The maximum absolute atomic E-state index is 2.67. The molecule has 4 aliphatic rings. The monoisotopic (exact) mass is 724 g/mol. The SMILES string of the molecule is CC/[C](c1ccccc1)=[Zr+2](/[C]1=CC(C(C)(C)C)=CC1)[CH]1c2cc3c(cc2-c2cc4c(cc21)C(C)(C)C=C4C)C(C)=CC3(C)C.[Cl-].[Cl-]. The molecule has 0 saturated heterocycles. The van der Waals surface area contributed by atoms with Crippen LogP contribution in [0.25, 0.3) is 22.3 Å². The van der Waals surface area contributed by atoms with Crippen molar-refractivity contribution in [1.29, 1.82) is 0 Å². The second-order valence-electron chi connectivity index (χ2n) is 15.9. The van der Waals surface area contributed by atoms with Gasteiger partial charge in [0.25, 0.3) is 0 Å². The van der Waals surface area contributed by atoms with Gasteiger partial charge in [0.1, 0.15) is 0 Å². The molecule has 0 nitrogen and oxygen atoms in total. The predicted molar refractivity (Wildman–Crippen MR) is 188 cm³/mol. The van der Waals surface area contributed by atoms with E-state index >= 15 is 0 Å². The Balaban J connectivity index is 0.00000208. The smallest absolute Gasteiger partial charge is 1.00 e. The van der Waals surface area contributed by atoms with Gasteiger partial charge in [0.15, 0.2) is 0 Å². The van der Waals surface area contributed by atoms with Gasteiger partial charge in [-0.25, -0.2) is 0 Å². The summed E-state index contributed by atoms with van der Waals surface area (Å²) >= 11 is -2.59. The van der Waals surface area contributed by atoms with Crippen molar-refractivity contribution in [3.05, 3.63) is 127 Å². The molecule has 0 aliphatic heterocycles. The van der Waals surface area contributed by atoms with Gasteiger partial charge < -0.3 is 24.8 Å². The number of halogens is 2. The molecule has 3 heteroatoms. The average molecular weight is 727 g/mol. The minimum atomic E-state index is -2.59. The summed E-state index contributed by atoms with van der Waals surface area (Å²) < 4.78 is 4.00. The first kappa shape index (κ1) is 35.3. The van der Waals surface area contributed by atoms with Crippen LogP contribution in [-0.4, -0.2) is 3.21 Å². The van der Waals surface area contributed by atoms with Crippen molar-refractivity contribution in [3.63, 3.8) is 0 Å². The number of rotatable bonds is 4. The Bertz CT molecular complexity index is 1820. The summed E-state index contributed by atoms with van der Waals surface area (Å²) in [5.74, 6) is 0. The van der Waals surface area contributed by atoms with Crippen LogP contribution in [0, 0.1) is 5.41 Å². The van der Waals surface area contributed by atoms with Gasteiger partial charge in [0.05, 0.1) is 0 Å². The van der Waals surface area contributed by atoms with Crippen molar-refractivity contribution in [3.8, 4) is 11.1 Å². The third-order valence-corrected chi connectivity index (χ3v) is 19.5. The van der Waals surface area contributed by atoms with E-state index in [9.17, 15) is 0 Å². The first-order valence-corrected chi connectivity index (χ1v) is 20.6. The molecule has 0 heterocycles. The molecule has 3 aromatic rings. The molecule has 0 atom stereocenters. The number of allylic oxidation sites excluding steroid dienone is 8. The zero-order valence-corrected chi connectivity index (χ0v) is 33.2. The molecule has 0 spiro atoms. The van der Waals surface area contributed by atoms with Crippen LogP contribution in [0.3, 0.4) is 0 Å². The molecule has 0 amide bonds. The number of hydrogen-bond donors (Lipinski definition) is 0. The Hall–Kier alpha value is -2.05. The molecule has 0 aromatic heterocycles. The van der Waals surface area contributed by atoms with Crippen molar-refractivity contribution in [2.45, 2.75) is 96.5 Å². The average Bonchev–Trinajstić information content (AvgIpc) is 3.68. The first-order valence-electron chi connectivity index (χ1n) is 16.7. The zero-order chi connectivity index (χ0) is 31.3. The van der Waals surface area contributed by atoms with Crippen molar-refractivity contribution < 1.29 is 46.1 Å². The van der Waals surface area contributed by atoms with Crippen molar-refractivity contribution >= 4 is 14.4 Å². The molecular weight excluding hydrogens is 679 g/mol. The van der Waals surface area contributed by atoms with E-state index in [1.165, 1.54) is 55.7 Å². The van der Waals surface area contributed by atoms with Crippen LogP contribution in [0.1, 0.15) is 125 Å². The topological polar surface area (TPSA) is 0 Å².